The number of nitrogens with one attached hydrogen (secondary N) is 2. The van der Waals surface area contributed by atoms with Gasteiger partial charge in [0.2, 0.25) is 11.5 Å². The first-order chi connectivity index (χ1) is 15.0. The Kier molecular flexibility index (Phi) is 4.25. The highest BCUT2D eigenvalue weighted by molar-refractivity contribution is 6.04. The lowest BCUT2D eigenvalue weighted by Crippen LogP contribution is -2.27. The van der Waals surface area contributed by atoms with Crippen LogP contribution in [0.15, 0.2) is 58.0 Å². The van der Waals surface area contributed by atoms with Crippen molar-refractivity contribution in [3.8, 4) is 0 Å². The van der Waals surface area contributed by atoms with Crippen LogP contribution in [0.2, 0.25) is 0 Å². The molecule has 0 aliphatic carbocycles. The molecular formula is C21H15N5O5. The van der Waals surface area contributed by atoms with Crippen molar-refractivity contribution in [2.75, 3.05) is 12.4 Å². The third kappa shape index (κ3) is 3.10. The number of ether oxygens (including phenoxy) is 1. The van der Waals surface area contributed by atoms with E-state index in [0.717, 1.165) is 5.39 Å². The zero-order valence-corrected chi connectivity index (χ0v) is 16.2. The number of fused-ring (bicyclic) bond motifs is 4. The highest BCUT2D eigenvalue weighted by atomic mass is 16.5. The van der Waals surface area contributed by atoms with Crippen molar-refractivity contribution in [1.82, 2.24) is 19.7 Å². The van der Waals surface area contributed by atoms with Crippen LogP contribution in [-0.4, -0.2) is 38.7 Å². The molecule has 0 saturated carbocycles. The summed E-state index contributed by atoms with van der Waals surface area (Å²) in [4.78, 5) is 41.4. The maximum Gasteiger partial charge on any atom is 0.359 e. The van der Waals surface area contributed by atoms with Crippen molar-refractivity contribution < 1.29 is 18.7 Å². The fraction of sp³-hybridized carbons (Fsp3) is 0.0952. The molecule has 0 atom stereocenters. The van der Waals surface area contributed by atoms with Gasteiger partial charge in [-0.2, -0.15) is 5.10 Å². The normalized spacial score (nSPS) is 11.3. The summed E-state index contributed by atoms with van der Waals surface area (Å²) in [5, 5.41) is 10.6. The number of hydrogen-bond acceptors (Lipinski definition) is 7. The number of methoxy groups -OCH3 is 1. The van der Waals surface area contributed by atoms with Crippen molar-refractivity contribution in [3.63, 3.8) is 0 Å². The second-order valence-electron chi connectivity index (χ2n) is 6.83. The predicted octanol–water partition coefficient (Wildman–Crippen LogP) is 2.44. The Labute approximate surface area is 173 Å². The Hall–Kier alpha value is -4.47. The zero-order valence-electron chi connectivity index (χ0n) is 16.2. The molecule has 0 aliphatic rings. The molecule has 2 aromatic carbocycles. The standard InChI is InChI=1S/C21H15N5O5/c1-30-21(29)18-13-8-11(6-7-14(13)24-25-18)23-16(27)9-26-10-22-17-12-4-2-3-5-15(12)31-19(17)20(26)28/h2-8,10H,9H2,1H3,(H,23,27)(H,24,25). The minimum atomic E-state index is -0.591. The number of esters is 1. The number of H-pyrrole nitrogens is 1. The second kappa shape index (κ2) is 7.10. The predicted molar refractivity (Wildman–Crippen MR) is 112 cm³/mol. The van der Waals surface area contributed by atoms with Crippen LogP contribution in [0.5, 0.6) is 0 Å². The molecule has 10 nitrogen and oxygen atoms in total. The lowest BCUT2D eigenvalue weighted by molar-refractivity contribution is -0.116. The number of anilines is 1. The monoisotopic (exact) mass is 417 g/mol. The molecule has 5 rings (SSSR count). The molecule has 1 amide bonds. The van der Waals surface area contributed by atoms with Gasteiger partial charge in [-0.05, 0) is 30.3 Å². The first-order valence-corrected chi connectivity index (χ1v) is 9.28. The molecule has 5 aromatic rings. The smallest absolute Gasteiger partial charge is 0.359 e. The van der Waals surface area contributed by atoms with Gasteiger partial charge >= 0.3 is 5.97 Å². The van der Waals surface area contributed by atoms with E-state index in [1.807, 2.05) is 12.1 Å². The number of furan rings is 1. The van der Waals surface area contributed by atoms with Gasteiger partial charge in [0.15, 0.2) is 5.69 Å². The van der Waals surface area contributed by atoms with Crippen molar-refractivity contribution in [2.45, 2.75) is 6.54 Å². The number of rotatable bonds is 4. The average molecular weight is 417 g/mol. The van der Waals surface area contributed by atoms with Gasteiger partial charge in [0.25, 0.3) is 5.56 Å². The van der Waals surface area contributed by atoms with Crippen LogP contribution in [0.4, 0.5) is 5.69 Å². The molecule has 0 fully saturated rings. The summed E-state index contributed by atoms with van der Waals surface area (Å²) in [5.74, 6) is -1.03. The lowest BCUT2D eigenvalue weighted by Gasteiger charge is -2.07. The van der Waals surface area contributed by atoms with Gasteiger partial charge in [0.1, 0.15) is 17.6 Å². The van der Waals surface area contributed by atoms with E-state index in [0.29, 0.717) is 27.7 Å². The zero-order chi connectivity index (χ0) is 21.5. The van der Waals surface area contributed by atoms with Crippen molar-refractivity contribution in [2.24, 2.45) is 0 Å². The van der Waals surface area contributed by atoms with E-state index in [1.165, 1.54) is 18.0 Å². The summed E-state index contributed by atoms with van der Waals surface area (Å²) in [6.45, 7) is -0.258. The van der Waals surface area contributed by atoms with E-state index in [2.05, 4.69) is 20.5 Å². The molecule has 10 heteroatoms. The molecule has 0 radical (unpaired) electrons. The van der Waals surface area contributed by atoms with Crippen LogP contribution in [0.1, 0.15) is 10.5 Å². The molecule has 3 heterocycles. The molecule has 0 saturated heterocycles. The molecule has 0 spiro atoms. The summed E-state index contributed by atoms with van der Waals surface area (Å²) >= 11 is 0. The maximum absolute atomic E-state index is 12.8. The van der Waals surface area contributed by atoms with E-state index >= 15 is 0 Å². The van der Waals surface area contributed by atoms with Gasteiger partial charge in [-0.1, -0.05) is 12.1 Å². The topological polar surface area (TPSA) is 132 Å². The number of aromatic amines is 1. The van der Waals surface area contributed by atoms with Gasteiger partial charge in [0.05, 0.1) is 19.0 Å². The third-order valence-corrected chi connectivity index (χ3v) is 4.89. The highest BCUT2D eigenvalue weighted by Crippen LogP contribution is 2.24. The van der Waals surface area contributed by atoms with Gasteiger partial charge in [0, 0.05) is 16.5 Å². The van der Waals surface area contributed by atoms with E-state index < -0.39 is 17.4 Å². The summed E-state index contributed by atoms with van der Waals surface area (Å²) in [7, 11) is 1.26. The molecule has 0 aliphatic heterocycles. The van der Waals surface area contributed by atoms with Crippen LogP contribution >= 0.6 is 0 Å². The Morgan fingerprint density at radius 3 is 2.87 bits per heavy atom. The van der Waals surface area contributed by atoms with Gasteiger partial charge < -0.3 is 14.5 Å². The van der Waals surface area contributed by atoms with Crippen LogP contribution in [0, 0.1) is 0 Å². The molecule has 31 heavy (non-hydrogen) atoms. The van der Waals surface area contributed by atoms with Crippen LogP contribution in [0.3, 0.4) is 0 Å². The van der Waals surface area contributed by atoms with Gasteiger partial charge in [-0.3, -0.25) is 19.3 Å². The second-order valence-corrected chi connectivity index (χ2v) is 6.83. The number of hydrogen-bond donors (Lipinski definition) is 2. The fourth-order valence-electron chi connectivity index (χ4n) is 3.43. The van der Waals surface area contributed by atoms with E-state index in [9.17, 15) is 14.4 Å². The first kappa shape index (κ1) is 18.6. The third-order valence-electron chi connectivity index (χ3n) is 4.89. The average Bonchev–Trinajstić information content (AvgIpc) is 3.37. The number of benzene rings is 2. The quantitative estimate of drug-likeness (QED) is 0.429. The lowest BCUT2D eigenvalue weighted by atomic mass is 10.2. The first-order valence-electron chi connectivity index (χ1n) is 9.28. The van der Waals surface area contributed by atoms with Crippen molar-refractivity contribution in [1.29, 1.82) is 0 Å². The number of para-hydroxylation sites is 1. The van der Waals surface area contributed by atoms with Crippen LogP contribution in [-0.2, 0) is 16.1 Å². The molecule has 0 bridgehead atoms. The summed E-state index contributed by atoms with van der Waals surface area (Å²) < 4.78 is 11.5. The molecule has 0 unspecified atom stereocenters. The minimum Gasteiger partial charge on any atom is -0.464 e. The summed E-state index contributed by atoms with van der Waals surface area (Å²) in [5.41, 5.74) is 1.83. The molecule has 2 N–H and O–H groups in total. The molecule has 154 valence electrons. The maximum atomic E-state index is 12.8. The Morgan fingerprint density at radius 2 is 2.03 bits per heavy atom. The largest absolute Gasteiger partial charge is 0.464 e. The van der Waals surface area contributed by atoms with Crippen molar-refractivity contribution >= 4 is 50.5 Å². The van der Waals surface area contributed by atoms with Gasteiger partial charge in [-0.25, -0.2) is 9.78 Å². The SMILES string of the molecule is COC(=O)c1n[nH]c2ccc(NC(=O)Cn3cnc4c(oc5ccccc54)c3=O)cc12. The molecular weight excluding hydrogens is 402 g/mol. The Bertz CT molecular complexity index is 1540. The Balaban J connectivity index is 1.42. The minimum absolute atomic E-state index is 0.0963. The van der Waals surface area contributed by atoms with E-state index in [4.69, 9.17) is 9.15 Å². The van der Waals surface area contributed by atoms with Gasteiger partial charge in [-0.15, -0.1) is 0 Å². The number of aromatic nitrogens is 4. The number of carbonyl (C=O) groups is 2. The number of amides is 1. The van der Waals surface area contributed by atoms with Crippen molar-refractivity contribution in [3.05, 3.63) is 64.8 Å². The Morgan fingerprint density at radius 1 is 1.19 bits per heavy atom. The van der Waals surface area contributed by atoms with E-state index in [-0.39, 0.29) is 17.8 Å². The number of carbonyl (C=O) groups excluding carboxylic acids is 2. The highest BCUT2D eigenvalue weighted by Gasteiger charge is 2.17. The number of nitrogens with zero attached hydrogens (tertiary/aromatic N) is 3. The van der Waals surface area contributed by atoms with Crippen LogP contribution in [0.25, 0.3) is 33.0 Å². The molecule has 3 aromatic heterocycles. The summed E-state index contributed by atoms with van der Waals surface area (Å²) in [6, 6.07) is 12.1. The summed E-state index contributed by atoms with van der Waals surface area (Å²) in [6.07, 6.45) is 1.32. The van der Waals surface area contributed by atoms with Crippen LogP contribution < -0.4 is 10.9 Å². The fourth-order valence-corrected chi connectivity index (χ4v) is 3.43. The van der Waals surface area contributed by atoms with E-state index in [1.54, 1.807) is 30.3 Å².